The topological polar surface area (TPSA) is 59.5 Å². The third kappa shape index (κ3) is 3.01. The molecule has 1 saturated heterocycles. The molecule has 2 heterocycles. The Balaban J connectivity index is 0.00000144. The van der Waals surface area contributed by atoms with Gasteiger partial charge >= 0.3 is 0 Å². The van der Waals surface area contributed by atoms with Crippen LogP contribution < -0.4 is 5.73 Å². The molecule has 5 heteroatoms. The van der Waals surface area contributed by atoms with E-state index in [4.69, 9.17) is 10.2 Å². The first kappa shape index (κ1) is 14.1. The van der Waals surface area contributed by atoms with Crippen LogP contribution in [0, 0.1) is 12.8 Å². The van der Waals surface area contributed by atoms with Gasteiger partial charge in [-0.2, -0.15) is 0 Å². The van der Waals surface area contributed by atoms with Crippen molar-refractivity contribution in [2.45, 2.75) is 26.3 Å². The molecule has 1 aliphatic heterocycles. The van der Waals surface area contributed by atoms with Gasteiger partial charge in [-0.15, -0.1) is 12.4 Å². The van der Waals surface area contributed by atoms with E-state index in [9.17, 15) is 4.79 Å². The number of furan rings is 1. The van der Waals surface area contributed by atoms with Gasteiger partial charge in [-0.25, -0.2) is 0 Å². The number of piperidine rings is 1. The molecule has 4 nitrogen and oxygen atoms in total. The van der Waals surface area contributed by atoms with Crippen molar-refractivity contribution in [2.24, 2.45) is 11.7 Å². The zero-order chi connectivity index (χ0) is 11.7. The van der Waals surface area contributed by atoms with Gasteiger partial charge in [0.25, 0.3) is 5.91 Å². The fourth-order valence-corrected chi connectivity index (χ4v) is 2.05. The van der Waals surface area contributed by atoms with Gasteiger partial charge in [0.05, 0.1) is 0 Å². The van der Waals surface area contributed by atoms with Crippen molar-refractivity contribution in [2.75, 3.05) is 13.1 Å². The summed E-state index contributed by atoms with van der Waals surface area (Å²) in [7, 11) is 0. The van der Waals surface area contributed by atoms with Crippen LogP contribution in [-0.4, -0.2) is 29.9 Å². The fraction of sp³-hybridized carbons (Fsp3) is 0.583. The molecule has 1 fully saturated rings. The molecular weight excluding hydrogens is 240 g/mol. The molecule has 1 aromatic heterocycles. The number of carbonyl (C=O) groups excluding carboxylic acids is 1. The average molecular weight is 259 g/mol. The highest BCUT2D eigenvalue weighted by Crippen LogP contribution is 2.18. The van der Waals surface area contributed by atoms with E-state index in [-0.39, 0.29) is 24.4 Å². The molecule has 2 atom stereocenters. The number of halogens is 1. The van der Waals surface area contributed by atoms with Crippen LogP contribution >= 0.6 is 12.4 Å². The first-order valence-corrected chi connectivity index (χ1v) is 5.69. The van der Waals surface area contributed by atoms with Crippen LogP contribution in [-0.2, 0) is 0 Å². The Bertz CT molecular complexity index is 392. The predicted octanol–water partition coefficient (Wildman–Crippen LogP) is 1.82. The maximum Gasteiger partial charge on any atom is 0.289 e. The molecule has 2 rings (SSSR count). The van der Waals surface area contributed by atoms with E-state index in [1.54, 1.807) is 6.07 Å². The second kappa shape index (κ2) is 5.56. The van der Waals surface area contributed by atoms with Crippen molar-refractivity contribution in [1.29, 1.82) is 0 Å². The third-order valence-electron chi connectivity index (χ3n) is 3.21. The molecule has 1 aliphatic rings. The maximum atomic E-state index is 12.1. The van der Waals surface area contributed by atoms with Crippen LogP contribution in [0.25, 0.3) is 0 Å². The summed E-state index contributed by atoms with van der Waals surface area (Å²) in [6, 6.07) is 3.76. The lowest BCUT2D eigenvalue weighted by Crippen LogP contribution is -2.48. The number of hydrogen-bond acceptors (Lipinski definition) is 3. The van der Waals surface area contributed by atoms with Gasteiger partial charge < -0.3 is 15.1 Å². The highest BCUT2D eigenvalue weighted by Gasteiger charge is 2.28. The van der Waals surface area contributed by atoms with Gasteiger partial charge in [-0.05, 0) is 31.4 Å². The SMILES string of the molecule is Cc1ccc(C(=O)N2CCC(N)C(C)C2)o1.Cl. The minimum atomic E-state index is -0.0214. The molecule has 0 saturated carbocycles. The van der Waals surface area contributed by atoms with E-state index < -0.39 is 0 Å². The molecule has 2 unspecified atom stereocenters. The van der Waals surface area contributed by atoms with E-state index in [1.807, 2.05) is 17.9 Å². The molecular formula is C12H19ClN2O2. The van der Waals surface area contributed by atoms with Gasteiger partial charge in [-0.3, -0.25) is 4.79 Å². The van der Waals surface area contributed by atoms with Gasteiger partial charge in [0.1, 0.15) is 5.76 Å². The zero-order valence-electron chi connectivity index (χ0n) is 10.2. The Kier molecular flexibility index (Phi) is 4.60. The van der Waals surface area contributed by atoms with Crippen molar-refractivity contribution in [3.05, 3.63) is 23.7 Å². The lowest BCUT2D eigenvalue weighted by molar-refractivity contribution is 0.0631. The standard InChI is InChI=1S/C12H18N2O2.ClH/c1-8-7-14(6-5-10(8)13)12(15)11-4-3-9(2)16-11;/h3-4,8,10H,5-7,13H2,1-2H3;1H. The molecule has 2 N–H and O–H groups in total. The summed E-state index contributed by atoms with van der Waals surface area (Å²) in [4.78, 5) is 13.9. The van der Waals surface area contributed by atoms with Crippen LogP contribution in [0.4, 0.5) is 0 Å². The molecule has 0 aromatic carbocycles. The van der Waals surface area contributed by atoms with Gasteiger partial charge in [0.2, 0.25) is 0 Å². The highest BCUT2D eigenvalue weighted by atomic mass is 35.5. The zero-order valence-corrected chi connectivity index (χ0v) is 11.0. The van der Waals surface area contributed by atoms with Crippen molar-refractivity contribution < 1.29 is 9.21 Å². The van der Waals surface area contributed by atoms with E-state index >= 15 is 0 Å². The Labute approximate surface area is 108 Å². The van der Waals surface area contributed by atoms with Gasteiger partial charge in [0, 0.05) is 19.1 Å². The van der Waals surface area contributed by atoms with Crippen molar-refractivity contribution in [3.63, 3.8) is 0 Å². The number of nitrogens with two attached hydrogens (primary N) is 1. The van der Waals surface area contributed by atoms with E-state index in [1.165, 1.54) is 0 Å². The Hall–Kier alpha value is -1.00. The third-order valence-corrected chi connectivity index (χ3v) is 3.21. The number of hydrogen-bond donors (Lipinski definition) is 1. The Morgan fingerprint density at radius 3 is 2.76 bits per heavy atom. The molecule has 1 aromatic rings. The summed E-state index contributed by atoms with van der Waals surface area (Å²) >= 11 is 0. The summed E-state index contributed by atoms with van der Waals surface area (Å²) in [5.74, 6) is 1.53. The van der Waals surface area contributed by atoms with Crippen LogP contribution in [0.1, 0.15) is 29.7 Å². The smallest absolute Gasteiger partial charge is 0.289 e. The number of amides is 1. The Morgan fingerprint density at radius 1 is 1.53 bits per heavy atom. The summed E-state index contributed by atoms with van der Waals surface area (Å²) < 4.78 is 5.34. The second-order valence-electron chi connectivity index (χ2n) is 4.59. The van der Waals surface area contributed by atoms with Crippen molar-refractivity contribution >= 4 is 18.3 Å². The molecule has 0 aliphatic carbocycles. The lowest BCUT2D eigenvalue weighted by atomic mass is 9.95. The summed E-state index contributed by atoms with van der Waals surface area (Å²) in [6.45, 7) is 5.37. The quantitative estimate of drug-likeness (QED) is 0.836. The van der Waals surface area contributed by atoms with Crippen molar-refractivity contribution in [3.8, 4) is 0 Å². The Morgan fingerprint density at radius 2 is 2.24 bits per heavy atom. The molecule has 0 radical (unpaired) electrons. The average Bonchev–Trinajstić information content (AvgIpc) is 2.68. The van der Waals surface area contributed by atoms with Crippen LogP contribution in [0.2, 0.25) is 0 Å². The first-order chi connectivity index (χ1) is 7.58. The number of aryl methyl sites for hydroxylation is 1. The molecule has 0 spiro atoms. The summed E-state index contributed by atoms with van der Waals surface area (Å²) in [5.41, 5.74) is 5.92. The van der Waals surface area contributed by atoms with Crippen LogP contribution in [0.15, 0.2) is 16.5 Å². The van der Waals surface area contributed by atoms with Gasteiger partial charge in [0.15, 0.2) is 5.76 Å². The number of likely N-dealkylation sites (tertiary alicyclic amines) is 1. The number of carbonyl (C=O) groups is 1. The minimum absolute atomic E-state index is 0. The van der Waals surface area contributed by atoms with E-state index in [0.29, 0.717) is 11.7 Å². The highest BCUT2D eigenvalue weighted by molar-refractivity contribution is 5.91. The molecule has 0 bridgehead atoms. The molecule has 17 heavy (non-hydrogen) atoms. The summed E-state index contributed by atoms with van der Waals surface area (Å²) in [5, 5.41) is 0. The largest absolute Gasteiger partial charge is 0.456 e. The normalized spacial score (nSPS) is 24.3. The van der Waals surface area contributed by atoms with E-state index in [2.05, 4.69) is 6.92 Å². The van der Waals surface area contributed by atoms with Gasteiger partial charge in [-0.1, -0.05) is 6.92 Å². The predicted molar refractivity (Wildman–Crippen MR) is 68.4 cm³/mol. The second-order valence-corrected chi connectivity index (χ2v) is 4.59. The lowest BCUT2D eigenvalue weighted by Gasteiger charge is -2.34. The molecule has 96 valence electrons. The number of nitrogens with zero attached hydrogens (tertiary/aromatic N) is 1. The van der Waals surface area contributed by atoms with Crippen LogP contribution in [0.3, 0.4) is 0 Å². The maximum absolute atomic E-state index is 12.1. The van der Waals surface area contributed by atoms with Crippen LogP contribution in [0.5, 0.6) is 0 Å². The van der Waals surface area contributed by atoms with Crippen molar-refractivity contribution in [1.82, 2.24) is 4.90 Å². The minimum Gasteiger partial charge on any atom is -0.456 e. The van der Waals surface area contributed by atoms with E-state index in [0.717, 1.165) is 25.3 Å². The summed E-state index contributed by atoms with van der Waals surface area (Å²) in [6.07, 6.45) is 0.868. The molecule has 1 amide bonds. The number of rotatable bonds is 1. The first-order valence-electron chi connectivity index (χ1n) is 5.69. The fourth-order valence-electron chi connectivity index (χ4n) is 2.05. The monoisotopic (exact) mass is 258 g/mol.